The molecule has 1 amide bonds. The molecule has 18 heavy (non-hydrogen) atoms. The van der Waals surface area contributed by atoms with Gasteiger partial charge >= 0.3 is 0 Å². The number of alkyl halides is 2. The monoisotopic (exact) mass is 260 g/mol. The molecule has 1 N–H and O–H groups in total. The quantitative estimate of drug-likeness (QED) is 0.874. The highest BCUT2D eigenvalue weighted by molar-refractivity contribution is 5.92. The first-order chi connectivity index (χ1) is 8.20. The van der Waals surface area contributed by atoms with Crippen LogP contribution in [0.4, 0.5) is 8.78 Å². The first-order valence-corrected chi connectivity index (χ1v) is 5.62. The fourth-order valence-electron chi connectivity index (χ4n) is 1.76. The molecule has 0 saturated heterocycles. The largest absolute Gasteiger partial charge is 0.389 e. The molecule has 1 rings (SSSR count). The fraction of sp³-hybridized carbons (Fsp3) is 0.583. The highest BCUT2D eigenvalue weighted by Gasteiger charge is 2.22. The third-order valence-electron chi connectivity index (χ3n) is 2.35. The van der Waals surface area contributed by atoms with Crippen molar-refractivity contribution in [2.75, 3.05) is 13.6 Å². The van der Waals surface area contributed by atoms with Crippen LogP contribution in [0.2, 0.25) is 0 Å². The van der Waals surface area contributed by atoms with Crippen LogP contribution >= 0.6 is 0 Å². The van der Waals surface area contributed by atoms with E-state index in [1.807, 2.05) is 0 Å². The molecule has 1 aromatic heterocycles. The molecule has 0 atom stereocenters. The van der Waals surface area contributed by atoms with E-state index in [0.29, 0.717) is 0 Å². The molecular weight excluding hydrogens is 242 g/mol. The van der Waals surface area contributed by atoms with Gasteiger partial charge in [-0.15, -0.1) is 0 Å². The molecule has 0 saturated carbocycles. The number of halogens is 2. The summed E-state index contributed by atoms with van der Waals surface area (Å²) < 4.78 is 25.9. The smallest absolute Gasteiger partial charge is 0.270 e. The zero-order chi connectivity index (χ0) is 13.9. The van der Waals surface area contributed by atoms with Crippen molar-refractivity contribution in [1.29, 1.82) is 0 Å². The second-order valence-electron chi connectivity index (χ2n) is 4.91. The lowest BCUT2D eigenvalue weighted by atomic mass is 10.1. The number of nitrogens with zero attached hydrogens (tertiary/aromatic N) is 2. The zero-order valence-electron chi connectivity index (χ0n) is 10.7. The number of carbonyl (C=O) groups is 1. The predicted octanol–water partition coefficient (Wildman–Crippen LogP) is 1.60. The fourth-order valence-corrected chi connectivity index (χ4v) is 1.76. The molecule has 0 aliphatic heterocycles. The van der Waals surface area contributed by atoms with Crippen LogP contribution in [0, 0.1) is 0 Å². The number of rotatable bonds is 5. The highest BCUT2D eigenvalue weighted by atomic mass is 19.3. The Hall–Kier alpha value is -1.43. The molecule has 0 aliphatic carbocycles. The van der Waals surface area contributed by atoms with Crippen molar-refractivity contribution in [2.45, 2.75) is 32.4 Å². The average molecular weight is 260 g/mol. The number of aromatic nitrogens is 1. The van der Waals surface area contributed by atoms with E-state index < -0.39 is 18.6 Å². The van der Waals surface area contributed by atoms with Gasteiger partial charge in [0.2, 0.25) is 0 Å². The van der Waals surface area contributed by atoms with Crippen molar-refractivity contribution in [1.82, 2.24) is 9.47 Å². The van der Waals surface area contributed by atoms with Crippen LogP contribution in [0.5, 0.6) is 0 Å². The molecule has 0 bridgehead atoms. The minimum atomic E-state index is -2.51. The Morgan fingerprint density at radius 2 is 2.17 bits per heavy atom. The van der Waals surface area contributed by atoms with Crippen molar-refractivity contribution >= 4 is 5.91 Å². The average Bonchev–Trinajstić information content (AvgIpc) is 2.60. The third kappa shape index (κ3) is 4.10. The van der Waals surface area contributed by atoms with Crippen molar-refractivity contribution in [2.24, 2.45) is 0 Å². The van der Waals surface area contributed by atoms with E-state index in [9.17, 15) is 18.7 Å². The van der Waals surface area contributed by atoms with Gasteiger partial charge in [-0.1, -0.05) is 0 Å². The first-order valence-electron chi connectivity index (χ1n) is 5.62. The van der Waals surface area contributed by atoms with Gasteiger partial charge in [-0.05, 0) is 26.0 Å². The van der Waals surface area contributed by atoms with E-state index in [2.05, 4.69) is 0 Å². The van der Waals surface area contributed by atoms with Crippen LogP contribution in [0.15, 0.2) is 18.3 Å². The van der Waals surface area contributed by atoms with Gasteiger partial charge in [0.05, 0.1) is 12.1 Å². The van der Waals surface area contributed by atoms with E-state index in [1.165, 1.54) is 28.8 Å². The van der Waals surface area contributed by atoms with Gasteiger partial charge in [0.25, 0.3) is 12.3 Å². The van der Waals surface area contributed by atoms with Crippen molar-refractivity contribution in [3.63, 3.8) is 0 Å². The summed E-state index contributed by atoms with van der Waals surface area (Å²) in [4.78, 5) is 13.4. The molecule has 102 valence electrons. The number of likely N-dealkylation sites (N-methyl/N-ethyl adjacent to an activating group) is 1. The molecule has 0 aliphatic rings. The van der Waals surface area contributed by atoms with E-state index in [4.69, 9.17) is 0 Å². The van der Waals surface area contributed by atoms with Gasteiger partial charge in [-0.3, -0.25) is 4.79 Å². The van der Waals surface area contributed by atoms with E-state index >= 15 is 0 Å². The summed E-state index contributed by atoms with van der Waals surface area (Å²) in [5.74, 6) is -0.386. The Bertz CT molecular complexity index is 410. The molecule has 0 spiro atoms. The SMILES string of the molecule is CN(CC(C)(C)O)C(=O)c1cccn1CC(F)F. The van der Waals surface area contributed by atoms with Gasteiger partial charge in [0.1, 0.15) is 5.69 Å². The Balaban J connectivity index is 2.81. The molecule has 0 unspecified atom stereocenters. The van der Waals surface area contributed by atoms with Crippen LogP contribution in [-0.4, -0.2) is 46.1 Å². The van der Waals surface area contributed by atoms with Crippen molar-refractivity contribution < 1.29 is 18.7 Å². The minimum absolute atomic E-state index is 0.131. The summed E-state index contributed by atoms with van der Waals surface area (Å²) in [7, 11) is 1.53. The summed E-state index contributed by atoms with van der Waals surface area (Å²) in [5.41, 5.74) is -0.827. The van der Waals surface area contributed by atoms with Crippen molar-refractivity contribution in [3.8, 4) is 0 Å². The number of carbonyl (C=O) groups excluding carboxylic acids is 1. The summed E-state index contributed by atoms with van der Waals surface area (Å²) in [6.45, 7) is 2.78. The number of aliphatic hydroxyl groups is 1. The maximum atomic E-state index is 12.3. The Labute approximate surface area is 105 Å². The molecule has 1 heterocycles. The summed E-state index contributed by atoms with van der Waals surface area (Å²) in [6.07, 6.45) is -1.07. The maximum absolute atomic E-state index is 12.3. The van der Waals surface area contributed by atoms with E-state index in [1.54, 1.807) is 19.9 Å². The summed E-state index contributed by atoms with van der Waals surface area (Å²) in [6, 6.07) is 3.04. The highest BCUT2D eigenvalue weighted by Crippen LogP contribution is 2.11. The van der Waals surface area contributed by atoms with Crippen molar-refractivity contribution in [3.05, 3.63) is 24.0 Å². The minimum Gasteiger partial charge on any atom is -0.389 e. The number of hydrogen-bond donors (Lipinski definition) is 1. The predicted molar refractivity (Wildman–Crippen MR) is 63.7 cm³/mol. The van der Waals surface area contributed by atoms with Crippen LogP contribution in [-0.2, 0) is 6.54 Å². The van der Waals surface area contributed by atoms with E-state index in [-0.39, 0.29) is 18.1 Å². The lowest BCUT2D eigenvalue weighted by molar-refractivity contribution is 0.0359. The van der Waals surface area contributed by atoms with Gasteiger partial charge in [-0.2, -0.15) is 0 Å². The molecule has 0 fully saturated rings. The van der Waals surface area contributed by atoms with Gasteiger partial charge in [-0.25, -0.2) is 8.78 Å². The molecule has 4 nitrogen and oxygen atoms in total. The zero-order valence-corrected chi connectivity index (χ0v) is 10.7. The molecule has 0 radical (unpaired) electrons. The number of amides is 1. The second kappa shape index (κ2) is 5.48. The Morgan fingerprint density at radius 3 is 2.67 bits per heavy atom. The summed E-state index contributed by atoms with van der Waals surface area (Å²) >= 11 is 0. The second-order valence-corrected chi connectivity index (χ2v) is 4.91. The molecular formula is C12H18F2N2O2. The Morgan fingerprint density at radius 1 is 1.56 bits per heavy atom. The molecule has 1 aromatic rings. The van der Waals surface area contributed by atoms with Gasteiger partial charge < -0.3 is 14.6 Å². The van der Waals surface area contributed by atoms with Crippen LogP contribution in [0.1, 0.15) is 24.3 Å². The normalized spacial score (nSPS) is 11.9. The Kier molecular flexibility index (Phi) is 4.45. The van der Waals surface area contributed by atoms with Gasteiger partial charge in [0, 0.05) is 19.8 Å². The van der Waals surface area contributed by atoms with Crippen LogP contribution in [0.25, 0.3) is 0 Å². The lowest BCUT2D eigenvalue weighted by Crippen LogP contribution is -2.40. The van der Waals surface area contributed by atoms with Crippen LogP contribution in [0.3, 0.4) is 0 Å². The van der Waals surface area contributed by atoms with Gasteiger partial charge in [0.15, 0.2) is 0 Å². The summed E-state index contributed by atoms with van der Waals surface area (Å²) in [5, 5.41) is 9.63. The van der Waals surface area contributed by atoms with Crippen LogP contribution < -0.4 is 0 Å². The maximum Gasteiger partial charge on any atom is 0.270 e. The molecule has 6 heteroatoms. The topological polar surface area (TPSA) is 45.5 Å². The standard InChI is InChI=1S/C12H18F2N2O2/c1-12(2,18)8-15(3)11(17)9-5-4-6-16(9)7-10(13)14/h4-6,10,18H,7-8H2,1-3H3. The molecule has 0 aromatic carbocycles. The number of hydrogen-bond acceptors (Lipinski definition) is 2. The third-order valence-corrected chi connectivity index (χ3v) is 2.35. The van der Waals surface area contributed by atoms with E-state index in [0.717, 1.165) is 0 Å². The first kappa shape index (κ1) is 14.6. The lowest BCUT2D eigenvalue weighted by Gasteiger charge is -2.25.